The molecule has 0 spiro atoms. The van der Waals surface area contributed by atoms with Gasteiger partial charge in [0.1, 0.15) is 0 Å². The van der Waals surface area contributed by atoms with Crippen molar-refractivity contribution in [1.82, 2.24) is 5.32 Å². The number of para-hydroxylation sites is 1. The van der Waals surface area contributed by atoms with Gasteiger partial charge in [0, 0.05) is 5.69 Å². The molecule has 5 nitrogen and oxygen atoms in total. The highest BCUT2D eigenvalue weighted by Crippen LogP contribution is 2.38. The second-order valence-corrected chi connectivity index (χ2v) is 8.00. The average Bonchev–Trinajstić information content (AvgIpc) is 3.06. The van der Waals surface area contributed by atoms with Crippen molar-refractivity contribution in [2.75, 3.05) is 5.32 Å². The van der Waals surface area contributed by atoms with Crippen LogP contribution in [0.5, 0.6) is 0 Å². The van der Waals surface area contributed by atoms with Crippen LogP contribution >= 0.6 is 0 Å². The highest BCUT2D eigenvalue weighted by molar-refractivity contribution is 6.28. The molecule has 2 amide bonds. The van der Waals surface area contributed by atoms with Crippen LogP contribution in [0.25, 0.3) is 0 Å². The Kier molecular flexibility index (Phi) is 5.42. The molecule has 0 saturated carbocycles. The molecule has 5 heteroatoms. The zero-order valence-corrected chi connectivity index (χ0v) is 17.5. The molecule has 0 radical (unpaired) electrons. The number of carbonyl (C=O) groups excluding carboxylic acids is 3. The molecule has 31 heavy (non-hydrogen) atoms. The normalized spacial score (nSPS) is 17.5. The number of Topliss-reactive ketones (excluding diaryl/α,β-unsaturated/α-hetero) is 1. The first kappa shape index (κ1) is 20.5. The third kappa shape index (κ3) is 3.52. The summed E-state index contributed by atoms with van der Waals surface area (Å²) in [5.41, 5.74) is 1.40. The van der Waals surface area contributed by atoms with Gasteiger partial charge in [-0.15, -0.1) is 0 Å². The third-order valence-corrected chi connectivity index (χ3v) is 5.72. The smallest absolute Gasteiger partial charge is 0.244 e. The van der Waals surface area contributed by atoms with Crippen molar-refractivity contribution in [1.29, 1.82) is 0 Å². The molecule has 1 atom stereocenters. The molecule has 3 aromatic carbocycles. The van der Waals surface area contributed by atoms with Crippen molar-refractivity contribution < 1.29 is 14.4 Å². The minimum atomic E-state index is -1.44. The molecule has 2 N–H and O–H groups in total. The Labute approximate surface area is 181 Å². The van der Waals surface area contributed by atoms with E-state index in [2.05, 4.69) is 10.6 Å². The molecule has 0 aromatic heterocycles. The Balaban J connectivity index is 1.74. The first-order chi connectivity index (χ1) is 14.9. The predicted molar refractivity (Wildman–Crippen MR) is 119 cm³/mol. The standard InChI is InChI=1S/C26H24N2O3/c1-17(2)20-15-9-10-16-21(20)27-24(30)22-23(29)26(28-25(22)31,18-11-5-3-6-12-18)19-13-7-4-8-14-19/h3-17,22H,1-2H3,(H,27,30)(H,28,31). The van der Waals surface area contributed by atoms with Crippen molar-refractivity contribution in [3.8, 4) is 0 Å². The highest BCUT2D eigenvalue weighted by atomic mass is 16.2. The minimum Gasteiger partial charge on any atom is -0.335 e. The van der Waals surface area contributed by atoms with Gasteiger partial charge in [0.2, 0.25) is 11.8 Å². The van der Waals surface area contributed by atoms with Crippen molar-refractivity contribution in [3.63, 3.8) is 0 Å². The molecule has 156 valence electrons. The number of carbonyl (C=O) groups is 3. The van der Waals surface area contributed by atoms with E-state index in [4.69, 9.17) is 0 Å². The van der Waals surface area contributed by atoms with E-state index in [0.717, 1.165) is 5.56 Å². The predicted octanol–water partition coefficient (Wildman–Crippen LogP) is 4.01. The number of hydrogen-bond acceptors (Lipinski definition) is 3. The number of hydrogen-bond donors (Lipinski definition) is 2. The average molecular weight is 412 g/mol. The Morgan fingerprint density at radius 3 is 1.90 bits per heavy atom. The number of amides is 2. The van der Waals surface area contributed by atoms with Gasteiger partial charge in [-0.05, 0) is 28.7 Å². The van der Waals surface area contributed by atoms with Crippen LogP contribution in [-0.2, 0) is 19.9 Å². The second kappa shape index (κ2) is 8.19. The van der Waals surface area contributed by atoms with Crippen LogP contribution in [0.15, 0.2) is 84.9 Å². The Hall–Kier alpha value is -3.73. The molecular weight excluding hydrogens is 388 g/mol. The number of anilines is 1. The maximum absolute atomic E-state index is 13.7. The molecule has 1 unspecified atom stereocenters. The lowest BCUT2D eigenvalue weighted by molar-refractivity contribution is -0.135. The molecule has 0 aliphatic carbocycles. The van der Waals surface area contributed by atoms with Gasteiger partial charge in [0.05, 0.1) is 0 Å². The largest absolute Gasteiger partial charge is 0.335 e. The monoisotopic (exact) mass is 412 g/mol. The summed E-state index contributed by atoms with van der Waals surface area (Å²) >= 11 is 0. The zero-order valence-electron chi connectivity index (χ0n) is 17.5. The van der Waals surface area contributed by atoms with E-state index < -0.39 is 29.1 Å². The highest BCUT2D eigenvalue weighted by Gasteiger charge is 2.57. The molecule has 1 aliphatic rings. The van der Waals surface area contributed by atoms with Crippen LogP contribution in [0, 0.1) is 5.92 Å². The van der Waals surface area contributed by atoms with Crippen LogP contribution in [0.1, 0.15) is 36.5 Å². The topological polar surface area (TPSA) is 75.3 Å². The first-order valence-corrected chi connectivity index (χ1v) is 10.3. The first-order valence-electron chi connectivity index (χ1n) is 10.3. The Bertz CT molecular complexity index is 1080. The SMILES string of the molecule is CC(C)c1ccccc1NC(=O)C1C(=O)NC(c2ccccc2)(c2ccccc2)C1=O. The van der Waals surface area contributed by atoms with Crippen LogP contribution in [-0.4, -0.2) is 17.6 Å². The Morgan fingerprint density at radius 2 is 1.35 bits per heavy atom. The summed E-state index contributed by atoms with van der Waals surface area (Å²) in [4.78, 5) is 39.9. The number of ketones is 1. The van der Waals surface area contributed by atoms with Crippen LogP contribution in [0.3, 0.4) is 0 Å². The summed E-state index contributed by atoms with van der Waals surface area (Å²) in [6.07, 6.45) is 0. The van der Waals surface area contributed by atoms with E-state index in [9.17, 15) is 14.4 Å². The number of rotatable bonds is 5. The summed E-state index contributed by atoms with van der Waals surface area (Å²) in [7, 11) is 0. The minimum absolute atomic E-state index is 0.178. The molecule has 3 aromatic rings. The van der Waals surface area contributed by atoms with Gasteiger partial charge < -0.3 is 10.6 Å². The summed E-state index contributed by atoms with van der Waals surface area (Å²) in [5.74, 6) is -2.96. The molecular formula is C26H24N2O3. The Morgan fingerprint density at radius 1 is 0.839 bits per heavy atom. The van der Waals surface area contributed by atoms with E-state index in [1.807, 2.05) is 68.4 Å². The summed E-state index contributed by atoms with van der Waals surface area (Å²) < 4.78 is 0. The molecule has 1 saturated heterocycles. The third-order valence-electron chi connectivity index (χ3n) is 5.72. The van der Waals surface area contributed by atoms with E-state index in [1.54, 1.807) is 30.3 Å². The lowest BCUT2D eigenvalue weighted by atomic mass is 9.78. The molecule has 1 heterocycles. The fourth-order valence-corrected chi connectivity index (χ4v) is 4.18. The van der Waals surface area contributed by atoms with Crippen LogP contribution < -0.4 is 10.6 Å². The van der Waals surface area contributed by atoms with E-state index in [-0.39, 0.29) is 5.92 Å². The van der Waals surface area contributed by atoms with E-state index in [1.165, 1.54) is 0 Å². The molecule has 4 rings (SSSR count). The summed E-state index contributed by atoms with van der Waals surface area (Å²) in [6, 6.07) is 25.5. The number of nitrogens with one attached hydrogen (secondary N) is 2. The fraction of sp³-hybridized carbons (Fsp3) is 0.192. The lowest BCUT2D eigenvalue weighted by Gasteiger charge is -2.29. The maximum atomic E-state index is 13.7. The second-order valence-electron chi connectivity index (χ2n) is 8.00. The molecule has 0 bridgehead atoms. The van der Waals surface area contributed by atoms with Crippen molar-refractivity contribution in [2.24, 2.45) is 5.92 Å². The van der Waals surface area contributed by atoms with E-state index in [0.29, 0.717) is 16.8 Å². The van der Waals surface area contributed by atoms with Crippen molar-refractivity contribution >= 4 is 23.3 Å². The maximum Gasteiger partial charge on any atom is 0.244 e. The van der Waals surface area contributed by atoms with Gasteiger partial charge in [0.15, 0.2) is 17.2 Å². The van der Waals surface area contributed by atoms with Gasteiger partial charge in [-0.3, -0.25) is 14.4 Å². The van der Waals surface area contributed by atoms with Gasteiger partial charge >= 0.3 is 0 Å². The molecule has 1 fully saturated rings. The quantitative estimate of drug-likeness (QED) is 0.622. The zero-order chi connectivity index (χ0) is 22.0. The van der Waals surface area contributed by atoms with Crippen LogP contribution in [0.2, 0.25) is 0 Å². The number of benzene rings is 3. The fourth-order valence-electron chi connectivity index (χ4n) is 4.18. The van der Waals surface area contributed by atoms with Gasteiger partial charge in [-0.25, -0.2) is 0 Å². The van der Waals surface area contributed by atoms with Crippen molar-refractivity contribution in [3.05, 3.63) is 102 Å². The van der Waals surface area contributed by atoms with Gasteiger partial charge in [0.25, 0.3) is 0 Å². The summed E-state index contributed by atoms with van der Waals surface area (Å²) in [6.45, 7) is 4.04. The van der Waals surface area contributed by atoms with Crippen LogP contribution in [0.4, 0.5) is 5.69 Å². The molecule has 1 aliphatic heterocycles. The van der Waals surface area contributed by atoms with Crippen molar-refractivity contribution in [2.45, 2.75) is 25.3 Å². The summed E-state index contributed by atoms with van der Waals surface area (Å²) in [5, 5.41) is 5.67. The van der Waals surface area contributed by atoms with Gasteiger partial charge in [-0.2, -0.15) is 0 Å². The lowest BCUT2D eigenvalue weighted by Crippen LogP contribution is -2.45. The van der Waals surface area contributed by atoms with E-state index >= 15 is 0 Å². The van der Waals surface area contributed by atoms with Gasteiger partial charge in [-0.1, -0.05) is 92.7 Å².